The topological polar surface area (TPSA) is 15.8 Å². The van der Waals surface area contributed by atoms with E-state index in [1.165, 1.54) is 10.9 Å². The minimum absolute atomic E-state index is 0.932. The summed E-state index contributed by atoms with van der Waals surface area (Å²) >= 11 is 0. The number of H-pyrrole nitrogens is 1. The highest BCUT2D eigenvalue weighted by molar-refractivity contribution is 5.79. The predicted octanol–water partition coefficient (Wildman–Crippen LogP) is 2.70. The summed E-state index contributed by atoms with van der Waals surface area (Å²) in [5.74, 6) is 0. The second-order valence-electron chi connectivity index (χ2n) is 2.83. The van der Waals surface area contributed by atoms with Gasteiger partial charge in [0.15, 0.2) is 0 Å². The minimum Gasteiger partial charge on any atom is -0.353 e. The highest BCUT2D eigenvalue weighted by atomic mass is 14.7. The fourth-order valence-corrected chi connectivity index (χ4v) is 1.33. The first-order valence-electron chi connectivity index (χ1n) is 3.99. The number of rotatable bonds is 2. The zero-order chi connectivity index (χ0) is 8.39. The van der Waals surface area contributed by atoms with Crippen molar-refractivity contribution in [3.8, 4) is 0 Å². The Bertz CT molecular complexity index is 398. The van der Waals surface area contributed by atoms with Crippen molar-refractivity contribution in [1.29, 1.82) is 0 Å². The molecule has 0 bridgehead atoms. The standard InChI is InChI=1S/C11H10N/c1-2-3-9-4-5-11-10(8-9)6-7-12-11/h2,4-6,8,12H,1,3H2. The van der Waals surface area contributed by atoms with Gasteiger partial charge in [0.05, 0.1) is 6.20 Å². The molecule has 0 aliphatic heterocycles. The van der Waals surface area contributed by atoms with Crippen LogP contribution in [0.4, 0.5) is 0 Å². The smallest absolute Gasteiger partial charge is 0.0630 e. The Morgan fingerprint density at radius 1 is 1.50 bits per heavy atom. The maximum atomic E-state index is 3.71. The molecule has 2 aromatic rings. The monoisotopic (exact) mass is 156 g/mol. The Hall–Kier alpha value is -1.50. The fourth-order valence-electron chi connectivity index (χ4n) is 1.33. The number of benzene rings is 1. The van der Waals surface area contributed by atoms with Crippen LogP contribution in [-0.4, -0.2) is 4.98 Å². The van der Waals surface area contributed by atoms with Gasteiger partial charge >= 0.3 is 0 Å². The Kier molecular flexibility index (Phi) is 1.71. The number of aromatic amines is 1. The van der Waals surface area contributed by atoms with E-state index in [0.717, 1.165) is 11.9 Å². The van der Waals surface area contributed by atoms with Gasteiger partial charge in [-0.15, -0.1) is 6.58 Å². The normalized spacial score (nSPS) is 10.3. The molecule has 0 saturated heterocycles. The average Bonchev–Trinajstić information content (AvgIpc) is 2.51. The molecule has 0 saturated carbocycles. The average molecular weight is 156 g/mol. The lowest BCUT2D eigenvalue weighted by Crippen LogP contribution is -1.78. The molecule has 1 heteroatoms. The molecule has 1 N–H and O–H groups in total. The van der Waals surface area contributed by atoms with E-state index in [2.05, 4.69) is 36.0 Å². The highest BCUT2D eigenvalue weighted by Crippen LogP contribution is 2.14. The van der Waals surface area contributed by atoms with Crippen LogP contribution in [-0.2, 0) is 6.42 Å². The van der Waals surface area contributed by atoms with Crippen LogP contribution in [0.2, 0.25) is 0 Å². The van der Waals surface area contributed by atoms with E-state index in [-0.39, 0.29) is 0 Å². The van der Waals surface area contributed by atoms with E-state index in [4.69, 9.17) is 0 Å². The van der Waals surface area contributed by atoms with Crippen LogP contribution in [0.5, 0.6) is 0 Å². The molecular weight excluding hydrogens is 146 g/mol. The summed E-state index contributed by atoms with van der Waals surface area (Å²) in [6, 6.07) is 8.30. The predicted molar refractivity (Wildman–Crippen MR) is 51.0 cm³/mol. The second kappa shape index (κ2) is 2.86. The maximum Gasteiger partial charge on any atom is 0.0630 e. The Labute approximate surface area is 71.7 Å². The quantitative estimate of drug-likeness (QED) is 0.643. The zero-order valence-electron chi connectivity index (χ0n) is 6.80. The molecule has 0 unspecified atom stereocenters. The number of allylic oxidation sites excluding steroid dienone is 1. The lowest BCUT2D eigenvalue weighted by molar-refractivity contribution is 1.29. The Morgan fingerprint density at radius 3 is 3.25 bits per heavy atom. The molecular formula is C11H10N. The molecule has 0 aliphatic rings. The van der Waals surface area contributed by atoms with Crippen molar-refractivity contribution in [3.63, 3.8) is 0 Å². The number of aromatic nitrogens is 1. The van der Waals surface area contributed by atoms with E-state index in [0.29, 0.717) is 0 Å². The molecule has 1 aromatic carbocycles. The number of hydrogen-bond acceptors (Lipinski definition) is 0. The van der Waals surface area contributed by atoms with Crippen LogP contribution in [0.1, 0.15) is 5.56 Å². The summed E-state index contributed by atoms with van der Waals surface area (Å²) in [6.07, 6.45) is 5.80. The largest absolute Gasteiger partial charge is 0.353 e. The molecule has 2 rings (SSSR count). The van der Waals surface area contributed by atoms with Gasteiger partial charge < -0.3 is 4.98 Å². The molecule has 0 amide bonds. The first-order chi connectivity index (χ1) is 5.90. The van der Waals surface area contributed by atoms with Crippen LogP contribution in [0, 0.1) is 6.20 Å². The van der Waals surface area contributed by atoms with Crippen molar-refractivity contribution in [2.45, 2.75) is 6.42 Å². The van der Waals surface area contributed by atoms with E-state index in [9.17, 15) is 0 Å². The summed E-state index contributed by atoms with van der Waals surface area (Å²) < 4.78 is 0. The third kappa shape index (κ3) is 1.14. The number of nitrogens with one attached hydrogen (secondary N) is 1. The fraction of sp³-hybridized carbons (Fsp3) is 0.0909. The van der Waals surface area contributed by atoms with Crippen LogP contribution in [0.3, 0.4) is 0 Å². The van der Waals surface area contributed by atoms with E-state index in [1.807, 2.05) is 12.1 Å². The summed E-state index contributed by atoms with van der Waals surface area (Å²) in [5, 5.41) is 1.22. The zero-order valence-corrected chi connectivity index (χ0v) is 6.80. The summed E-state index contributed by atoms with van der Waals surface area (Å²) in [7, 11) is 0. The summed E-state index contributed by atoms with van der Waals surface area (Å²) in [6.45, 7) is 3.71. The molecule has 1 radical (unpaired) electrons. The lowest BCUT2D eigenvalue weighted by atomic mass is 10.1. The third-order valence-corrected chi connectivity index (χ3v) is 1.93. The van der Waals surface area contributed by atoms with Gasteiger partial charge in [-0.05, 0) is 30.2 Å². The van der Waals surface area contributed by atoms with Crippen molar-refractivity contribution >= 4 is 10.9 Å². The molecule has 1 nitrogen and oxygen atoms in total. The van der Waals surface area contributed by atoms with Gasteiger partial charge in [0.1, 0.15) is 0 Å². The minimum atomic E-state index is 0.932. The van der Waals surface area contributed by atoms with Crippen LogP contribution in [0.25, 0.3) is 10.9 Å². The molecule has 1 heterocycles. The van der Waals surface area contributed by atoms with Gasteiger partial charge in [0.25, 0.3) is 0 Å². The number of fused-ring (bicyclic) bond motifs is 1. The van der Waals surface area contributed by atoms with Crippen LogP contribution >= 0.6 is 0 Å². The maximum absolute atomic E-state index is 3.71. The van der Waals surface area contributed by atoms with Crippen molar-refractivity contribution in [1.82, 2.24) is 4.98 Å². The van der Waals surface area contributed by atoms with Gasteiger partial charge in [-0.2, -0.15) is 0 Å². The highest BCUT2D eigenvalue weighted by Gasteiger charge is 1.94. The van der Waals surface area contributed by atoms with E-state index >= 15 is 0 Å². The van der Waals surface area contributed by atoms with E-state index < -0.39 is 0 Å². The van der Waals surface area contributed by atoms with Gasteiger partial charge in [0, 0.05) is 10.9 Å². The lowest BCUT2D eigenvalue weighted by Gasteiger charge is -1.95. The number of hydrogen-bond donors (Lipinski definition) is 1. The molecule has 59 valence electrons. The first kappa shape index (κ1) is 7.17. The van der Waals surface area contributed by atoms with Gasteiger partial charge in [-0.25, -0.2) is 0 Å². The van der Waals surface area contributed by atoms with Crippen molar-refractivity contribution in [3.05, 3.63) is 48.7 Å². The molecule has 0 aliphatic carbocycles. The summed E-state index contributed by atoms with van der Waals surface area (Å²) in [4.78, 5) is 3.04. The van der Waals surface area contributed by atoms with E-state index in [1.54, 1.807) is 0 Å². The molecule has 0 atom stereocenters. The Balaban J connectivity index is 2.52. The third-order valence-electron chi connectivity index (χ3n) is 1.93. The van der Waals surface area contributed by atoms with Crippen molar-refractivity contribution in [2.24, 2.45) is 0 Å². The van der Waals surface area contributed by atoms with Gasteiger partial charge in [-0.1, -0.05) is 12.1 Å². The van der Waals surface area contributed by atoms with Crippen LogP contribution in [0.15, 0.2) is 36.9 Å². The summed E-state index contributed by atoms with van der Waals surface area (Å²) in [5.41, 5.74) is 2.44. The molecule has 0 spiro atoms. The Morgan fingerprint density at radius 2 is 2.42 bits per heavy atom. The van der Waals surface area contributed by atoms with Crippen molar-refractivity contribution < 1.29 is 0 Å². The van der Waals surface area contributed by atoms with Crippen molar-refractivity contribution in [2.75, 3.05) is 0 Å². The molecule has 1 aromatic heterocycles. The second-order valence-corrected chi connectivity index (χ2v) is 2.83. The van der Waals surface area contributed by atoms with Gasteiger partial charge in [0.2, 0.25) is 0 Å². The first-order valence-corrected chi connectivity index (χ1v) is 3.99. The van der Waals surface area contributed by atoms with Crippen LogP contribution < -0.4 is 0 Å². The molecule has 12 heavy (non-hydrogen) atoms. The SMILES string of the molecule is C=CCc1ccc2[nH][c]cc2c1. The van der Waals surface area contributed by atoms with Gasteiger partial charge in [-0.3, -0.25) is 0 Å². The molecule has 0 fully saturated rings.